The molecule has 2 aromatic carbocycles. The SMILES string of the molecule is Cc1ccc(C(=O)C(C)Oc2cc(Br)ccc2Cl)cc1. The van der Waals surface area contributed by atoms with E-state index in [4.69, 9.17) is 16.3 Å². The highest BCUT2D eigenvalue weighted by Gasteiger charge is 2.18. The fourth-order valence-electron chi connectivity index (χ4n) is 1.76. The van der Waals surface area contributed by atoms with Crippen molar-refractivity contribution in [3.05, 3.63) is 63.1 Å². The van der Waals surface area contributed by atoms with Crippen LogP contribution >= 0.6 is 27.5 Å². The zero-order chi connectivity index (χ0) is 14.7. The number of ether oxygens (including phenoxy) is 1. The highest BCUT2D eigenvalue weighted by molar-refractivity contribution is 9.10. The van der Waals surface area contributed by atoms with Crippen molar-refractivity contribution in [1.29, 1.82) is 0 Å². The fraction of sp³-hybridized carbons (Fsp3) is 0.188. The second kappa shape index (κ2) is 6.42. The van der Waals surface area contributed by atoms with Gasteiger partial charge in [-0.25, -0.2) is 0 Å². The molecule has 0 N–H and O–H groups in total. The van der Waals surface area contributed by atoms with Gasteiger partial charge in [-0.2, -0.15) is 0 Å². The maximum Gasteiger partial charge on any atom is 0.202 e. The Hall–Kier alpha value is -1.32. The van der Waals surface area contributed by atoms with Crippen LogP contribution in [0.2, 0.25) is 5.02 Å². The summed E-state index contributed by atoms with van der Waals surface area (Å²) in [5.41, 5.74) is 1.75. The first kappa shape index (κ1) is 15.1. The summed E-state index contributed by atoms with van der Waals surface area (Å²) in [4.78, 5) is 12.3. The van der Waals surface area contributed by atoms with E-state index in [1.807, 2.05) is 25.1 Å². The van der Waals surface area contributed by atoms with Gasteiger partial charge in [0.15, 0.2) is 6.10 Å². The Morgan fingerprint density at radius 2 is 1.85 bits per heavy atom. The van der Waals surface area contributed by atoms with Gasteiger partial charge in [-0.15, -0.1) is 0 Å². The zero-order valence-electron chi connectivity index (χ0n) is 11.2. The first-order valence-corrected chi connectivity index (χ1v) is 7.37. The molecule has 4 heteroatoms. The van der Waals surface area contributed by atoms with E-state index in [9.17, 15) is 4.79 Å². The monoisotopic (exact) mass is 352 g/mol. The minimum absolute atomic E-state index is 0.0685. The molecule has 0 spiro atoms. The minimum atomic E-state index is -0.593. The molecule has 0 saturated carbocycles. The summed E-state index contributed by atoms with van der Waals surface area (Å²) in [5.74, 6) is 0.426. The van der Waals surface area contributed by atoms with Crippen LogP contribution in [0.3, 0.4) is 0 Å². The predicted molar refractivity (Wildman–Crippen MR) is 84.8 cm³/mol. The summed E-state index contributed by atoms with van der Waals surface area (Å²) in [6, 6.07) is 12.7. The Balaban J connectivity index is 2.15. The van der Waals surface area contributed by atoms with Crippen LogP contribution in [0.4, 0.5) is 0 Å². The lowest BCUT2D eigenvalue weighted by Crippen LogP contribution is -2.24. The summed E-state index contributed by atoms with van der Waals surface area (Å²) >= 11 is 9.41. The van der Waals surface area contributed by atoms with Gasteiger partial charge in [0, 0.05) is 10.0 Å². The average molecular weight is 354 g/mol. The highest BCUT2D eigenvalue weighted by Crippen LogP contribution is 2.29. The van der Waals surface area contributed by atoms with Gasteiger partial charge in [0.1, 0.15) is 5.75 Å². The van der Waals surface area contributed by atoms with E-state index in [0.29, 0.717) is 16.3 Å². The van der Waals surface area contributed by atoms with E-state index in [1.165, 1.54) is 0 Å². The second-order valence-electron chi connectivity index (χ2n) is 4.57. The molecule has 0 aliphatic rings. The summed E-state index contributed by atoms with van der Waals surface area (Å²) in [6.07, 6.45) is -0.593. The number of ketones is 1. The number of benzene rings is 2. The zero-order valence-corrected chi connectivity index (χ0v) is 13.5. The Morgan fingerprint density at radius 3 is 2.50 bits per heavy atom. The molecule has 0 amide bonds. The number of halogens is 2. The Bertz CT molecular complexity index is 623. The maximum absolute atomic E-state index is 12.3. The lowest BCUT2D eigenvalue weighted by Gasteiger charge is -2.15. The molecule has 2 aromatic rings. The van der Waals surface area contributed by atoms with E-state index in [-0.39, 0.29) is 5.78 Å². The predicted octanol–water partition coefficient (Wildman–Crippen LogP) is 5.06. The normalized spacial score (nSPS) is 12.0. The van der Waals surface area contributed by atoms with E-state index in [0.717, 1.165) is 10.0 Å². The van der Waals surface area contributed by atoms with Crippen LogP contribution in [-0.2, 0) is 0 Å². The molecule has 0 radical (unpaired) electrons. The van der Waals surface area contributed by atoms with Crippen LogP contribution in [-0.4, -0.2) is 11.9 Å². The molecule has 2 nitrogen and oxygen atoms in total. The highest BCUT2D eigenvalue weighted by atomic mass is 79.9. The average Bonchev–Trinajstić information content (AvgIpc) is 2.43. The molecule has 2 rings (SSSR count). The number of hydrogen-bond acceptors (Lipinski definition) is 2. The number of carbonyl (C=O) groups is 1. The molecule has 0 aliphatic heterocycles. The van der Waals surface area contributed by atoms with Crippen molar-refractivity contribution in [2.45, 2.75) is 20.0 Å². The van der Waals surface area contributed by atoms with Gasteiger partial charge in [-0.05, 0) is 32.0 Å². The molecule has 0 aliphatic carbocycles. The van der Waals surface area contributed by atoms with Crippen molar-refractivity contribution in [2.24, 2.45) is 0 Å². The van der Waals surface area contributed by atoms with Crippen molar-refractivity contribution in [2.75, 3.05) is 0 Å². The van der Waals surface area contributed by atoms with E-state index in [1.54, 1.807) is 31.2 Å². The van der Waals surface area contributed by atoms with Crippen molar-refractivity contribution in [3.63, 3.8) is 0 Å². The molecular weight excluding hydrogens is 340 g/mol. The number of aryl methyl sites for hydroxylation is 1. The molecule has 0 aromatic heterocycles. The van der Waals surface area contributed by atoms with Crippen LogP contribution in [0.25, 0.3) is 0 Å². The Kier molecular flexibility index (Phi) is 4.84. The smallest absolute Gasteiger partial charge is 0.202 e. The lowest BCUT2D eigenvalue weighted by atomic mass is 10.1. The summed E-state index contributed by atoms with van der Waals surface area (Å²) in [5, 5.41) is 0.483. The topological polar surface area (TPSA) is 26.3 Å². The van der Waals surface area contributed by atoms with Crippen LogP contribution in [0.15, 0.2) is 46.9 Å². The third kappa shape index (κ3) is 3.62. The molecule has 1 atom stereocenters. The van der Waals surface area contributed by atoms with E-state index >= 15 is 0 Å². The number of Topliss-reactive ketones (excluding diaryl/α,β-unsaturated/α-hetero) is 1. The van der Waals surface area contributed by atoms with Gasteiger partial charge < -0.3 is 4.74 Å². The molecule has 0 fully saturated rings. The largest absolute Gasteiger partial charge is 0.481 e. The van der Waals surface area contributed by atoms with Gasteiger partial charge >= 0.3 is 0 Å². The molecule has 20 heavy (non-hydrogen) atoms. The third-order valence-corrected chi connectivity index (χ3v) is 3.71. The van der Waals surface area contributed by atoms with Crippen LogP contribution in [0.5, 0.6) is 5.75 Å². The lowest BCUT2D eigenvalue weighted by molar-refractivity contribution is 0.0818. The number of hydrogen-bond donors (Lipinski definition) is 0. The van der Waals surface area contributed by atoms with E-state index < -0.39 is 6.10 Å². The number of carbonyl (C=O) groups excluding carboxylic acids is 1. The first-order chi connectivity index (χ1) is 9.47. The fourth-order valence-corrected chi connectivity index (χ4v) is 2.27. The van der Waals surface area contributed by atoms with Crippen molar-refractivity contribution >= 4 is 33.3 Å². The number of rotatable bonds is 4. The van der Waals surface area contributed by atoms with Crippen molar-refractivity contribution < 1.29 is 9.53 Å². The minimum Gasteiger partial charge on any atom is -0.481 e. The third-order valence-electron chi connectivity index (χ3n) is 2.90. The van der Waals surface area contributed by atoms with Gasteiger partial charge in [0.2, 0.25) is 5.78 Å². The molecule has 0 saturated heterocycles. The second-order valence-corrected chi connectivity index (χ2v) is 5.89. The van der Waals surface area contributed by atoms with Crippen LogP contribution in [0, 0.1) is 6.92 Å². The van der Waals surface area contributed by atoms with Gasteiger partial charge in [-0.3, -0.25) is 4.79 Å². The molecule has 0 bridgehead atoms. The Morgan fingerprint density at radius 1 is 1.20 bits per heavy atom. The van der Waals surface area contributed by atoms with Gasteiger partial charge in [0.25, 0.3) is 0 Å². The molecular formula is C16H14BrClO2. The Labute approximate surface area is 131 Å². The van der Waals surface area contributed by atoms with Gasteiger partial charge in [-0.1, -0.05) is 57.4 Å². The van der Waals surface area contributed by atoms with Crippen LogP contribution < -0.4 is 4.74 Å². The quantitative estimate of drug-likeness (QED) is 0.718. The molecule has 0 heterocycles. The standard InChI is InChI=1S/C16H14BrClO2/c1-10-3-5-12(6-4-10)16(19)11(2)20-15-9-13(17)7-8-14(15)18/h3-9,11H,1-2H3. The first-order valence-electron chi connectivity index (χ1n) is 6.20. The van der Waals surface area contributed by atoms with Crippen LogP contribution in [0.1, 0.15) is 22.8 Å². The van der Waals surface area contributed by atoms with Gasteiger partial charge in [0.05, 0.1) is 5.02 Å². The van der Waals surface area contributed by atoms with Crippen molar-refractivity contribution in [3.8, 4) is 5.75 Å². The molecule has 104 valence electrons. The summed E-state index contributed by atoms with van der Waals surface area (Å²) < 4.78 is 6.51. The maximum atomic E-state index is 12.3. The summed E-state index contributed by atoms with van der Waals surface area (Å²) in [6.45, 7) is 3.70. The van der Waals surface area contributed by atoms with Crippen molar-refractivity contribution in [1.82, 2.24) is 0 Å². The molecule has 1 unspecified atom stereocenters. The van der Waals surface area contributed by atoms with E-state index in [2.05, 4.69) is 15.9 Å². The summed E-state index contributed by atoms with van der Waals surface area (Å²) in [7, 11) is 0.